The van der Waals surface area contributed by atoms with Crippen LogP contribution in [0.25, 0.3) is 0 Å². The van der Waals surface area contributed by atoms with Crippen LogP contribution in [-0.2, 0) is 14.8 Å². The number of nitro groups is 1. The monoisotopic (exact) mass is 316 g/mol. The molecule has 0 aliphatic carbocycles. The van der Waals surface area contributed by atoms with E-state index in [1.54, 1.807) is 6.92 Å². The molecule has 0 fully saturated rings. The number of hydrogen-bond donors (Lipinski definition) is 3. The molecule has 0 aliphatic rings. The Hall–Kier alpha value is -2.20. The van der Waals surface area contributed by atoms with Crippen molar-refractivity contribution in [3.05, 3.63) is 28.3 Å². The first kappa shape index (κ1) is 16.9. The number of sulfonamides is 1. The molecule has 0 heterocycles. The van der Waals surface area contributed by atoms with Crippen molar-refractivity contribution in [3.63, 3.8) is 0 Å². The Labute approximate surface area is 121 Å². The lowest BCUT2D eigenvalue weighted by molar-refractivity contribution is -0.386. The number of anilines is 1. The molecule has 21 heavy (non-hydrogen) atoms. The minimum atomic E-state index is -4.12. The Bertz CT molecular complexity index is 644. The van der Waals surface area contributed by atoms with Crippen LogP contribution in [0.4, 0.5) is 11.4 Å². The van der Waals surface area contributed by atoms with Crippen LogP contribution in [-0.4, -0.2) is 32.3 Å². The van der Waals surface area contributed by atoms with E-state index < -0.39 is 25.5 Å². The molecule has 4 N–H and O–H groups in total. The molecule has 1 amide bonds. The molecule has 0 aliphatic heterocycles. The third kappa shape index (κ3) is 4.39. The van der Waals surface area contributed by atoms with Crippen LogP contribution in [0.2, 0.25) is 0 Å². The number of amides is 1. The molecule has 0 saturated carbocycles. The van der Waals surface area contributed by atoms with E-state index in [4.69, 9.17) is 5.73 Å². The van der Waals surface area contributed by atoms with Gasteiger partial charge >= 0.3 is 5.69 Å². The maximum Gasteiger partial charge on any atom is 0.312 e. The molecule has 116 valence electrons. The summed E-state index contributed by atoms with van der Waals surface area (Å²) in [6, 6.07) is 3.63. The van der Waals surface area contributed by atoms with Gasteiger partial charge in [-0.15, -0.1) is 0 Å². The maximum atomic E-state index is 12.0. The van der Waals surface area contributed by atoms with E-state index in [0.29, 0.717) is 6.54 Å². The molecule has 0 radical (unpaired) electrons. The van der Waals surface area contributed by atoms with E-state index in [2.05, 4.69) is 10.0 Å². The Balaban J connectivity index is 2.92. The second-order valence-electron chi connectivity index (χ2n) is 4.05. The first-order valence-electron chi connectivity index (χ1n) is 6.08. The second kappa shape index (κ2) is 6.99. The molecule has 1 aromatic carbocycles. The van der Waals surface area contributed by atoms with E-state index >= 15 is 0 Å². The predicted molar refractivity (Wildman–Crippen MR) is 76.0 cm³/mol. The molecule has 9 nitrogen and oxygen atoms in total. The molecule has 0 spiro atoms. The van der Waals surface area contributed by atoms with Crippen molar-refractivity contribution in [2.45, 2.75) is 18.2 Å². The normalized spacial score (nSPS) is 11.1. The van der Waals surface area contributed by atoms with Crippen LogP contribution < -0.4 is 15.8 Å². The lowest BCUT2D eigenvalue weighted by Crippen LogP contribution is -2.31. The minimum absolute atomic E-state index is 0.0663. The lowest BCUT2D eigenvalue weighted by Gasteiger charge is -2.08. The van der Waals surface area contributed by atoms with Gasteiger partial charge in [0.05, 0.1) is 4.92 Å². The van der Waals surface area contributed by atoms with Gasteiger partial charge in [-0.3, -0.25) is 14.9 Å². The van der Waals surface area contributed by atoms with Crippen LogP contribution in [0.15, 0.2) is 23.1 Å². The van der Waals surface area contributed by atoms with E-state index in [0.717, 1.165) is 6.07 Å². The Morgan fingerprint density at radius 3 is 2.67 bits per heavy atom. The molecular weight excluding hydrogens is 300 g/mol. The zero-order valence-electron chi connectivity index (χ0n) is 11.3. The Kier molecular flexibility index (Phi) is 5.61. The van der Waals surface area contributed by atoms with Gasteiger partial charge in [0, 0.05) is 19.5 Å². The summed E-state index contributed by atoms with van der Waals surface area (Å²) >= 11 is 0. The molecule has 10 heteroatoms. The number of hydrogen-bond acceptors (Lipinski definition) is 6. The predicted octanol–water partition coefficient (Wildman–Crippen LogP) is -0.0185. The number of nitrogens with zero attached hydrogens (tertiary/aromatic N) is 1. The van der Waals surface area contributed by atoms with Crippen molar-refractivity contribution in [3.8, 4) is 0 Å². The van der Waals surface area contributed by atoms with Crippen LogP contribution in [0.3, 0.4) is 0 Å². The zero-order valence-corrected chi connectivity index (χ0v) is 12.1. The van der Waals surface area contributed by atoms with Gasteiger partial charge in [0.25, 0.3) is 0 Å². The molecule has 0 aromatic heterocycles. The minimum Gasteiger partial charge on any atom is -0.393 e. The van der Waals surface area contributed by atoms with Crippen LogP contribution in [0.5, 0.6) is 0 Å². The third-order valence-corrected chi connectivity index (χ3v) is 4.01. The number of nitro benzene ring substituents is 1. The topological polar surface area (TPSA) is 144 Å². The number of rotatable bonds is 7. The molecule has 0 unspecified atom stereocenters. The van der Waals surface area contributed by atoms with Crippen molar-refractivity contribution in [1.29, 1.82) is 0 Å². The molecule has 1 rings (SSSR count). The lowest BCUT2D eigenvalue weighted by atomic mass is 10.3. The van der Waals surface area contributed by atoms with Gasteiger partial charge in [-0.05, 0) is 19.1 Å². The molecule has 0 saturated heterocycles. The largest absolute Gasteiger partial charge is 0.393 e. The molecule has 0 atom stereocenters. The summed E-state index contributed by atoms with van der Waals surface area (Å²) in [7, 11) is -4.12. The first-order chi connectivity index (χ1) is 9.79. The van der Waals surface area contributed by atoms with E-state index in [-0.39, 0.29) is 24.6 Å². The summed E-state index contributed by atoms with van der Waals surface area (Å²) in [5.74, 6) is -0.317. The van der Waals surface area contributed by atoms with Crippen molar-refractivity contribution < 1.29 is 18.1 Å². The number of benzene rings is 1. The summed E-state index contributed by atoms with van der Waals surface area (Å²) in [5.41, 5.74) is 4.52. The van der Waals surface area contributed by atoms with Crippen molar-refractivity contribution in [1.82, 2.24) is 10.0 Å². The molecule has 1 aromatic rings. The van der Waals surface area contributed by atoms with Gasteiger partial charge < -0.3 is 11.1 Å². The van der Waals surface area contributed by atoms with Crippen LogP contribution in [0, 0.1) is 10.1 Å². The summed E-state index contributed by atoms with van der Waals surface area (Å²) < 4.78 is 26.2. The Morgan fingerprint density at radius 2 is 2.10 bits per heavy atom. The van der Waals surface area contributed by atoms with E-state index in [9.17, 15) is 23.3 Å². The quantitative estimate of drug-likeness (QED) is 0.366. The van der Waals surface area contributed by atoms with Gasteiger partial charge in [0.1, 0.15) is 5.69 Å². The van der Waals surface area contributed by atoms with Crippen LogP contribution in [0.1, 0.15) is 13.3 Å². The van der Waals surface area contributed by atoms with Crippen molar-refractivity contribution in [2.24, 2.45) is 0 Å². The fourth-order valence-corrected chi connectivity index (χ4v) is 2.84. The highest BCUT2D eigenvalue weighted by molar-refractivity contribution is 7.89. The fourth-order valence-electron chi connectivity index (χ4n) is 1.61. The first-order valence-corrected chi connectivity index (χ1v) is 7.57. The number of para-hydroxylation sites is 1. The number of carbonyl (C=O) groups is 1. The highest BCUT2D eigenvalue weighted by atomic mass is 32.2. The maximum absolute atomic E-state index is 12.0. The van der Waals surface area contributed by atoms with Gasteiger partial charge in [-0.25, -0.2) is 13.1 Å². The molecule has 0 bridgehead atoms. The SMILES string of the molecule is CCNC(=O)CCNS(=O)(=O)c1cccc(N)c1[N+](=O)[O-]. The number of nitrogens with one attached hydrogen (secondary N) is 2. The third-order valence-electron chi connectivity index (χ3n) is 2.52. The number of carbonyl (C=O) groups excluding carboxylic acids is 1. The van der Waals surface area contributed by atoms with Gasteiger partial charge in [-0.2, -0.15) is 0 Å². The summed E-state index contributed by atoms with van der Waals surface area (Å²) in [6.45, 7) is 2.00. The van der Waals surface area contributed by atoms with Crippen LogP contribution >= 0.6 is 0 Å². The average Bonchev–Trinajstić information content (AvgIpc) is 2.38. The van der Waals surface area contributed by atoms with E-state index in [1.807, 2.05) is 0 Å². The van der Waals surface area contributed by atoms with Crippen molar-refractivity contribution >= 4 is 27.3 Å². The molecular formula is C11H16N4O5S. The van der Waals surface area contributed by atoms with Gasteiger partial charge in [0.15, 0.2) is 4.90 Å². The highest BCUT2D eigenvalue weighted by Gasteiger charge is 2.27. The number of nitrogens with two attached hydrogens (primary N) is 1. The van der Waals surface area contributed by atoms with E-state index in [1.165, 1.54) is 12.1 Å². The van der Waals surface area contributed by atoms with Gasteiger partial charge in [-0.1, -0.05) is 6.07 Å². The van der Waals surface area contributed by atoms with Gasteiger partial charge in [0.2, 0.25) is 15.9 Å². The average molecular weight is 316 g/mol. The number of nitrogen functional groups attached to an aromatic ring is 1. The summed E-state index contributed by atoms with van der Waals surface area (Å²) in [4.78, 5) is 20.8. The zero-order chi connectivity index (χ0) is 16.0. The Morgan fingerprint density at radius 1 is 1.43 bits per heavy atom. The summed E-state index contributed by atoms with van der Waals surface area (Å²) in [5, 5.41) is 13.4. The second-order valence-corrected chi connectivity index (χ2v) is 5.79. The standard InChI is InChI=1S/C11H16N4O5S/c1-2-13-10(16)6-7-14-21(19,20)9-5-3-4-8(12)11(9)15(17)18/h3-5,14H,2,6-7,12H2,1H3,(H,13,16). The highest BCUT2D eigenvalue weighted by Crippen LogP contribution is 2.29. The fraction of sp³-hybridized carbons (Fsp3) is 0.364. The smallest absolute Gasteiger partial charge is 0.312 e. The van der Waals surface area contributed by atoms with Crippen molar-refractivity contribution in [2.75, 3.05) is 18.8 Å². The summed E-state index contributed by atoms with van der Waals surface area (Å²) in [6.07, 6.45) is -0.0663.